The van der Waals surface area contributed by atoms with Gasteiger partial charge in [-0.2, -0.15) is 0 Å². The van der Waals surface area contributed by atoms with E-state index in [1.54, 1.807) is 0 Å². The van der Waals surface area contributed by atoms with Crippen LogP contribution in [0.3, 0.4) is 0 Å². The Morgan fingerprint density at radius 1 is 0.697 bits per heavy atom. The van der Waals surface area contributed by atoms with Crippen molar-refractivity contribution in [2.45, 2.75) is 97.3 Å². The maximum atomic E-state index is 5.83. The smallest absolute Gasteiger partial charge is 0.119 e. The molecular weight excluding hydrogens is 400 g/mol. The summed E-state index contributed by atoms with van der Waals surface area (Å²) in [6, 6.07) is 17.2. The van der Waals surface area contributed by atoms with E-state index in [4.69, 9.17) is 4.74 Å². The van der Waals surface area contributed by atoms with E-state index in [1.165, 1.54) is 88.2 Å². The van der Waals surface area contributed by atoms with Gasteiger partial charge in [0.25, 0.3) is 0 Å². The van der Waals surface area contributed by atoms with Gasteiger partial charge in [0.05, 0.1) is 6.61 Å². The molecule has 0 aromatic heterocycles. The monoisotopic (exact) mass is 444 g/mol. The molecule has 1 heteroatoms. The van der Waals surface area contributed by atoms with E-state index in [2.05, 4.69) is 74.2 Å². The fraction of sp³-hybridized carbons (Fsp3) is 0.562. The third-order valence-electron chi connectivity index (χ3n) is 7.07. The Bertz CT molecular complexity index is 829. The Balaban J connectivity index is 1.41. The summed E-state index contributed by atoms with van der Waals surface area (Å²) >= 11 is 0. The normalized spacial score (nSPS) is 17.9. The third kappa shape index (κ3) is 9.29. The highest BCUT2D eigenvalue weighted by Crippen LogP contribution is 2.32. The molecule has 0 saturated heterocycles. The topological polar surface area (TPSA) is 9.23 Å². The van der Waals surface area contributed by atoms with Gasteiger partial charge in [-0.3, -0.25) is 0 Å². The minimum Gasteiger partial charge on any atom is -0.494 e. The molecule has 2 aromatic rings. The molecule has 1 aliphatic rings. The molecule has 33 heavy (non-hydrogen) atoms. The molecule has 178 valence electrons. The Labute approximate surface area is 203 Å². The van der Waals surface area contributed by atoms with Crippen LogP contribution >= 0.6 is 0 Å². The zero-order valence-corrected chi connectivity index (χ0v) is 21.1. The van der Waals surface area contributed by atoms with Gasteiger partial charge in [-0.1, -0.05) is 101 Å². The predicted molar refractivity (Wildman–Crippen MR) is 143 cm³/mol. The molecule has 0 heterocycles. The Kier molecular flexibility index (Phi) is 11.4. The summed E-state index contributed by atoms with van der Waals surface area (Å²) in [6.07, 6.45) is 17.4. The molecule has 1 aliphatic carbocycles. The van der Waals surface area contributed by atoms with E-state index in [-0.39, 0.29) is 0 Å². The van der Waals surface area contributed by atoms with Crippen LogP contribution in [0.5, 0.6) is 5.75 Å². The fourth-order valence-electron chi connectivity index (χ4n) is 4.85. The first-order valence-corrected chi connectivity index (χ1v) is 13.6. The van der Waals surface area contributed by atoms with Crippen molar-refractivity contribution in [3.05, 3.63) is 54.1 Å². The van der Waals surface area contributed by atoms with Gasteiger partial charge in [-0.05, 0) is 73.4 Å². The summed E-state index contributed by atoms with van der Waals surface area (Å²) in [4.78, 5) is 0. The average Bonchev–Trinajstić information content (AvgIpc) is 2.87. The minimum atomic E-state index is 0.589. The summed E-state index contributed by atoms with van der Waals surface area (Å²) in [5.74, 6) is 9.52. The van der Waals surface area contributed by atoms with Crippen LogP contribution in [-0.2, 0) is 0 Å². The van der Waals surface area contributed by atoms with Gasteiger partial charge in [0, 0.05) is 11.5 Å². The molecule has 3 rings (SSSR count). The maximum absolute atomic E-state index is 5.83. The van der Waals surface area contributed by atoms with Crippen molar-refractivity contribution in [1.82, 2.24) is 0 Å². The molecule has 0 spiro atoms. The van der Waals surface area contributed by atoms with Crippen molar-refractivity contribution < 1.29 is 4.74 Å². The Morgan fingerprint density at radius 3 is 1.97 bits per heavy atom. The molecule has 0 bridgehead atoms. The van der Waals surface area contributed by atoms with E-state index in [0.717, 1.165) is 30.3 Å². The lowest BCUT2D eigenvalue weighted by molar-refractivity contribution is 0.294. The number of rotatable bonds is 12. The summed E-state index contributed by atoms with van der Waals surface area (Å²) in [5, 5.41) is 0. The van der Waals surface area contributed by atoms with Crippen LogP contribution in [0.2, 0.25) is 0 Å². The molecule has 0 atom stereocenters. The van der Waals surface area contributed by atoms with Gasteiger partial charge in [-0.15, -0.1) is 0 Å². The highest BCUT2D eigenvalue weighted by molar-refractivity contribution is 5.65. The van der Waals surface area contributed by atoms with Crippen molar-refractivity contribution in [2.75, 3.05) is 6.61 Å². The van der Waals surface area contributed by atoms with Crippen LogP contribution in [0.4, 0.5) is 0 Å². The van der Waals surface area contributed by atoms with Crippen LogP contribution in [-0.4, -0.2) is 6.61 Å². The van der Waals surface area contributed by atoms with Gasteiger partial charge in [0.1, 0.15) is 5.75 Å². The van der Waals surface area contributed by atoms with E-state index in [1.807, 2.05) is 0 Å². The van der Waals surface area contributed by atoms with Gasteiger partial charge in [0.15, 0.2) is 0 Å². The van der Waals surface area contributed by atoms with Crippen LogP contribution in [0, 0.1) is 23.7 Å². The van der Waals surface area contributed by atoms with Crippen LogP contribution < -0.4 is 4.74 Å². The first-order chi connectivity index (χ1) is 16.3. The number of unbranched alkanes of at least 4 members (excludes halogenated alkanes) is 6. The molecule has 0 aliphatic heterocycles. The molecule has 1 saturated carbocycles. The molecule has 0 N–H and O–H groups in total. The molecule has 1 fully saturated rings. The Hall–Kier alpha value is -2.20. The standard InChI is InChI=1S/C32H44O/c1-3-5-7-8-9-11-27-12-14-28(15-13-27)16-17-29-18-20-30(21-19-29)31-22-24-32(25-23-31)33-26-10-6-4-2/h18-25,27-28H,3-15,26H2,1-2H3. The second kappa shape index (κ2) is 14.8. The highest BCUT2D eigenvalue weighted by Gasteiger charge is 2.19. The lowest BCUT2D eigenvalue weighted by atomic mass is 9.80. The lowest BCUT2D eigenvalue weighted by Gasteiger charge is -2.25. The quantitative estimate of drug-likeness (QED) is 0.234. The summed E-state index contributed by atoms with van der Waals surface area (Å²) in [7, 11) is 0. The van der Waals surface area contributed by atoms with Crippen molar-refractivity contribution in [2.24, 2.45) is 11.8 Å². The molecule has 0 amide bonds. The van der Waals surface area contributed by atoms with Gasteiger partial charge >= 0.3 is 0 Å². The molecule has 0 unspecified atom stereocenters. The summed E-state index contributed by atoms with van der Waals surface area (Å²) < 4.78 is 5.83. The van der Waals surface area contributed by atoms with Crippen LogP contribution in [0.1, 0.15) is 103 Å². The van der Waals surface area contributed by atoms with E-state index < -0.39 is 0 Å². The fourth-order valence-corrected chi connectivity index (χ4v) is 4.85. The van der Waals surface area contributed by atoms with Gasteiger partial charge in [-0.25, -0.2) is 0 Å². The van der Waals surface area contributed by atoms with Crippen molar-refractivity contribution >= 4 is 0 Å². The zero-order chi connectivity index (χ0) is 23.1. The first-order valence-electron chi connectivity index (χ1n) is 13.6. The minimum absolute atomic E-state index is 0.589. The number of hydrogen-bond donors (Lipinski definition) is 0. The SMILES string of the molecule is CCCCCCCC1CCC(C#Cc2ccc(-c3ccc(OCCCCC)cc3)cc2)CC1. The largest absolute Gasteiger partial charge is 0.494 e. The predicted octanol–water partition coefficient (Wildman–Crippen LogP) is 9.44. The van der Waals surface area contributed by atoms with Crippen molar-refractivity contribution in [3.63, 3.8) is 0 Å². The molecule has 0 radical (unpaired) electrons. The first kappa shape index (κ1) is 25.4. The number of hydrogen-bond acceptors (Lipinski definition) is 1. The highest BCUT2D eigenvalue weighted by atomic mass is 16.5. The average molecular weight is 445 g/mol. The Morgan fingerprint density at radius 2 is 1.30 bits per heavy atom. The van der Waals surface area contributed by atoms with E-state index in [9.17, 15) is 0 Å². The van der Waals surface area contributed by atoms with Gasteiger partial charge < -0.3 is 4.74 Å². The third-order valence-corrected chi connectivity index (χ3v) is 7.07. The van der Waals surface area contributed by atoms with Gasteiger partial charge in [0.2, 0.25) is 0 Å². The second-order valence-corrected chi connectivity index (χ2v) is 9.85. The second-order valence-electron chi connectivity index (χ2n) is 9.85. The van der Waals surface area contributed by atoms with Crippen LogP contribution in [0.25, 0.3) is 11.1 Å². The van der Waals surface area contributed by atoms with Crippen molar-refractivity contribution in [3.8, 4) is 28.7 Å². The molecule has 1 nitrogen and oxygen atoms in total. The summed E-state index contributed by atoms with van der Waals surface area (Å²) in [6.45, 7) is 5.32. The zero-order valence-electron chi connectivity index (χ0n) is 21.1. The van der Waals surface area contributed by atoms with Crippen molar-refractivity contribution in [1.29, 1.82) is 0 Å². The van der Waals surface area contributed by atoms with E-state index in [0.29, 0.717) is 5.92 Å². The maximum Gasteiger partial charge on any atom is 0.119 e. The van der Waals surface area contributed by atoms with E-state index >= 15 is 0 Å². The lowest BCUT2D eigenvalue weighted by Crippen LogP contribution is -2.13. The van der Waals surface area contributed by atoms with Crippen LogP contribution in [0.15, 0.2) is 48.5 Å². The molecule has 2 aromatic carbocycles. The summed E-state index contributed by atoms with van der Waals surface area (Å²) in [5.41, 5.74) is 3.59. The number of ether oxygens (including phenoxy) is 1. The number of benzene rings is 2. The molecular formula is C32H44O.